The van der Waals surface area contributed by atoms with Gasteiger partial charge in [0.25, 0.3) is 0 Å². The number of anilines is 1. The lowest BCUT2D eigenvalue weighted by atomic mass is 10.2. The van der Waals surface area contributed by atoms with Gasteiger partial charge >= 0.3 is 0 Å². The van der Waals surface area contributed by atoms with E-state index in [9.17, 15) is 0 Å². The van der Waals surface area contributed by atoms with Gasteiger partial charge in [0.1, 0.15) is 17.5 Å². The molecule has 1 aromatic heterocycles. The summed E-state index contributed by atoms with van der Waals surface area (Å²) in [7, 11) is 1.62. The van der Waals surface area contributed by atoms with Crippen molar-refractivity contribution >= 4 is 17.6 Å². The zero-order chi connectivity index (χ0) is 12.7. The Morgan fingerprint density at radius 1 is 1.53 bits per heavy atom. The van der Waals surface area contributed by atoms with Crippen molar-refractivity contribution in [2.75, 3.05) is 18.3 Å². The van der Waals surface area contributed by atoms with Gasteiger partial charge in [0, 0.05) is 18.9 Å². The molecular formula is C11H20N4OS. The largest absolute Gasteiger partial charge is 0.377 e. The molecule has 1 rings (SSSR count). The van der Waals surface area contributed by atoms with Crippen molar-refractivity contribution in [3.05, 3.63) is 11.9 Å². The third-order valence-corrected chi connectivity index (χ3v) is 3.62. The molecule has 0 fully saturated rings. The molecule has 1 aromatic rings. The SMILES string of the molecule is CCC(C)CSc1cc(NN)nc(COC)n1. The van der Waals surface area contributed by atoms with Crippen LogP contribution in [0.2, 0.25) is 0 Å². The maximum absolute atomic E-state index is 5.38. The number of nitrogen functional groups attached to an aromatic ring is 1. The van der Waals surface area contributed by atoms with E-state index < -0.39 is 0 Å². The van der Waals surface area contributed by atoms with Crippen LogP contribution in [-0.2, 0) is 11.3 Å². The number of aromatic nitrogens is 2. The molecule has 0 saturated carbocycles. The Balaban J connectivity index is 2.72. The number of thioether (sulfide) groups is 1. The molecule has 0 bridgehead atoms. The molecule has 3 N–H and O–H groups in total. The van der Waals surface area contributed by atoms with Crippen molar-refractivity contribution in [2.45, 2.75) is 31.9 Å². The molecule has 1 unspecified atom stereocenters. The lowest BCUT2D eigenvalue weighted by Gasteiger charge is -2.09. The Kier molecular flexibility index (Phi) is 6.25. The number of methoxy groups -OCH3 is 1. The second kappa shape index (κ2) is 7.47. The molecule has 1 atom stereocenters. The van der Waals surface area contributed by atoms with Crippen molar-refractivity contribution < 1.29 is 4.74 Å². The number of ether oxygens (including phenoxy) is 1. The molecule has 96 valence electrons. The normalized spacial score (nSPS) is 12.5. The summed E-state index contributed by atoms with van der Waals surface area (Å²) in [6.07, 6.45) is 1.17. The van der Waals surface area contributed by atoms with Gasteiger partial charge in [-0.15, -0.1) is 11.8 Å². The van der Waals surface area contributed by atoms with E-state index in [-0.39, 0.29) is 0 Å². The summed E-state index contributed by atoms with van der Waals surface area (Å²) in [5, 5.41) is 0.931. The van der Waals surface area contributed by atoms with Crippen LogP contribution in [0.15, 0.2) is 11.1 Å². The average Bonchev–Trinajstić information content (AvgIpc) is 2.36. The van der Waals surface area contributed by atoms with E-state index in [1.165, 1.54) is 6.42 Å². The molecule has 17 heavy (non-hydrogen) atoms. The zero-order valence-corrected chi connectivity index (χ0v) is 11.4. The van der Waals surface area contributed by atoms with E-state index in [0.29, 0.717) is 24.2 Å². The number of hydrogen-bond acceptors (Lipinski definition) is 6. The highest BCUT2D eigenvalue weighted by Crippen LogP contribution is 2.22. The van der Waals surface area contributed by atoms with Gasteiger partial charge in [-0.25, -0.2) is 15.8 Å². The van der Waals surface area contributed by atoms with Crippen LogP contribution in [0.5, 0.6) is 0 Å². The highest BCUT2D eigenvalue weighted by molar-refractivity contribution is 7.99. The maximum Gasteiger partial charge on any atom is 0.157 e. The zero-order valence-electron chi connectivity index (χ0n) is 10.6. The molecule has 6 heteroatoms. The van der Waals surface area contributed by atoms with Crippen LogP contribution in [0, 0.1) is 5.92 Å². The Hall–Kier alpha value is -0.850. The van der Waals surface area contributed by atoms with E-state index >= 15 is 0 Å². The summed E-state index contributed by atoms with van der Waals surface area (Å²) in [6.45, 7) is 4.81. The fourth-order valence-electron chi connectivity index (χ4n) is 1.16. The molecule has 0 spiro atoms. The summed E-state index contributed by atoms with van der Waals surface area (Å²) in [4.78, 5) is 8.61. The van der Waals surface area contributed by atoms with Crippen LogP contribution in [0.3, 0.4) is 0 Å². The van der Waals surface area contributed by atoms with Crippen molar-refractivity contribution in [2.24, 2.45) is 11.8 Å². The molecule has 5 nitrogen and oxygen atoms in total. The highest BCUT2D eigenvalue weighted by Gasteiger charge is 2.06. The Labute approximate surface area is 107 Å². The molecule has 0 aliphatic heterocycles. The van der Waals surface area contributed by atoms with Crippen molar-refractivity contribution in [3.8, 4) is 0 Å². The van der Waals surface area contributed by atoms with Gasteiger partial charge in [0.15, 0.2) is 5.82 Å². The summed E-state index contributed by atoms with van der Waals surface area (Å²) >= 11 is 1.72. The minimum atomic E-state index is 0.395. The first kappa shape index (κ1) is 14.2. The number of hydrazine groups is 1. The highest BCUT2D eigenvalue weighted by atomic mass is 32.2. The summed E-state index contributed by atoms with van der Waals surface area (Å²) in [5.41, 5.74) is 2.55. The standard InChI is InChI=1S/C11H20N4OS/c1-4-8(2)7-17-11-5-9(15-12)13-10(14-11)6-16-3/h5,8H,4,6-7,12H2,1-3H3,(H,13,14,15). The molecule has 0 saturated heterocycles. The second-order valence-electron chi connectivity index (χ2n) is 3.91. The predicted octanol–water partition coefficient (Wildman–Crippen LogP) is 2.05. The Morgan fingerprint density at radius 3 is 2.88 bits per heavy atom. The summed E-state index contributed by atoms with van der Waals surface area (Å²) in [5.74, 6) is 8.37. The molecule has 1 heterocycles. The number of nitrogens with one attached hydrogen (secondary N) is 1. The topological polar surface area (TPSA) is 73.1 Å². The van der Waals surface area contributed by atoms with Gasteiger partial charge < -0.3 is 10.2 Å². The van der Waals surface area contributed by atoms with Crippen LogP contribution in [0.1, 0.15) is 26.1 Å². The van der Waals surface area contributed by atoms with Crippen LogP contribution in [-0.4, -0.2) is 22.8 Å². The number of rotatable bonds is 7. The van der Waals surface area contributed by atoms with E-state index in [1.54, 1.807) is 18.9 Å². The van der Waals surface area contributed by atoms with Crippen LogP contribution >= 0.6 is 11.8 Å². The van der Waals surface area contributed by atoms with Gasteiger partial charge in [-0.2, -0.15) is 0 Å². The third-order valence-electron chi connectivity index (χ3n) is 2.38. The van der Waals surface area contributed by atoms with Crippen molar-refractivity contribution in [1.82, 2.24) is 9.97 Å². The minimum absolute atomic E-state index is 0.395. The monoisotopic (exact) mass is 256 g/mol. The molecule has 0 aromatic carbocycles. The smallest absolute Gasteiger partial charge is 0.157 e. The Bertz CT molecular complexity index is 348. The Morgan fingerprint density at radius 2 is 2.29 bits per heavy atom. The third kappa shape index (κ3) is 4.89. The van der Waals surface area contributed by atoms with Crippen LogP contribution < -0.4 is 11.3 Å². The van der Waals surface area contributed by atoms with E-state index in [4.69, 9.17) is 10.6 Å². The second-order valence-corrected chi connectivity index (χ2v) is 4.95. The van der Waals surface area contributed by atoms with E-state index in [2.05, 4.69) is 29.2 Å². The average molecular weight is 256 g/mol. The van der Waals surface area contributed by atoms with Gasteiger partial charge in [-0.1, -0.05) is 20.3 Å². The van der Waals surface area contributed by atoms with E-state index in [1.807, 2.05) is 6.07 Å². The van der Waals surface area contributed by atoms with Gasteiger partial charge in [0.05, 0.1) is 0 Å². The van der Waals surface area contributed by atoms with Crippen LogP contribution in [0.4, 0.5) is 5.82 Å². The molecular weight excluding hydrogens is 236 g/mol. The van der Waals surface area contributed by atoms with Gasteiger partial charge in [-0.3, -0.25) is 0 Å². The predicted molar refractivity (Wildman–Crippen MR) is 70.7 cm³/mol. The van der Waals surface area contributed by atoms with E-state index in [0.717, 1.165) is 10.8 Å². The molecule has 0 aliphatic rings. The summed E-state index contributed by atoms with van der Waals surface area (Å²) < 4.78 is 5.03. The van der Waals surface area contributed by atoms with Crippen LogP contribution in [0.25, 0.3) is 0 Å². The number of hydrogen-bond donors (Lipinski definition) is 2. The first-order valence-corrected chi connectivity index (χ1v) is 6.64. The van der Waals surface area contributed by atoms with Crippen molar-refractivity contribution in [3.63, 3.8) is 0 Å². The molecule has 0 radical (unpaired) electrons. The number of nitrogens with zero attached hydrogens (tertiary/aromatic N) is 2. The first-order valence-electron chi connectivity index (χ1n) is 5.65. The minimum Gasteiger partial charge on any atom is -0.377 e. The molecule has 0 aliphatic carbocycles. The van der Waals surface area contributed by atoms with Crippen molar-refractivity contribution in [1.29, 1.82) is 0 Å². The summed E-state index contributed by atoms with van der Waals surface area (Å²) in [6, 6.07) is 1.85. The lowest BCUT2D eigenvalue weighted by molar-refractivity contribution is 0.177. The quantitative estimate of drug-likeness (QED) is 0.337. The van der Waals surface area contributed by atoms with Gasteiger partial charge in [-0.05, 0) is 5.92 Å². The maximum atomic E-state index is 5.38. The fraction of sp³-hybridized carbons (Fsp3) is 0.636. The first-order chi connectivity index (χ1) is 8.19. The number of nitrogens with two attached hydrogens (primary N) is 1. The van der Waals surface area contributed by atoms with Gasteiger partial charge in [0.2, 0.25) is 0 Å². The molecule has 0 amide bonds. The fourth-order valence-corrected chi connectivity index (χ4v) is 2.22. The lowest BCUT2D eigenvalue weighted by Crippen LogP contribution is -2.11.